The van der Waals surface area contributed by atoms with E-state index in [1.807, 2.05) is 24.3 Å². The monoisotopic (exact) mass is 530 g/mol. The summed E-state index contributed by atoms with van der Waals surface area (Å²) in [6.07, 6.45) is 7.49. The van der Waals surface area contributed by atoms with Crippen molar-refractivity contribution in [2.75, 3.05) is 5.32 Å². The normalized spacial score (nSPS) is 20.3. The lowest BCUT2D eigenvalue weighted by Crippen LogP contribution is -2.40. The first kappa shape index (κ1) is 24.5. The van der Waals surface area contributed by atoms with Gasteiger partial charge in [0, 0.05) is 38.9 Å². The van der Waals surface area contributed by atoms with Crippen LogP contribution in [0.25, 0.3) is 11.4 Å². The Labute approximate surface area is 216 Å². The average Bonchev–Trinajstić information content (AvgIpc) is 2.86. The van der Waals surface area contributed by atoms with Gasteiger partial charge in [-0.05, 0) is 99.9 Å². The highest BCUT2D eigenvalue weighted by molar-refractivity contribution is 7.89. The molecule has 0 aliphatic heterocycles. The van der Waals surface area contributed by atoms with Gasteiger partial charge in [-0.15, -0.1) is 0 Å². The number of halogens is 2. The van der Waals surface area contributed by atoms with Crippen LogP contribution in [-0.2, 0) is 22.9 Å². The van der Waals surface area contributed by atoms with Crippen molar-refractivity contribution < 1.29 is 8.42 Å². The standard InChI is InChI=1S/C26H28Cl2N4O2S/c27-18-7-5-17(6-8-18)25-30-24-4-2-1-3-23(24)26(31-25)29-20-11-13-21(14-12-20)32-35(33,34)22-15-9-19(28)10-16-22/h5-10,15-16,20-21,32H,1-4,11-14H2,(H,29,30,31)/t20-,21-. The molecule has 9 heteroatoms. The fourth-order valence-electron chi connectivity index (χ4n) is 4.89. The van der Waals surface area contributed by atoms with Crippen LogP contribution in [-0.4, -0.2) is 30.5 Å². The Bertz CT molecular complexity index is 1290. The van der Waals surface area contributed by atoms with Gasteiger partial charge in [-0.2, -0.15) is 0 Å². The Morgan fingerprint density at radius 1 is 0.771 bits per heavy atom. The average molecular weight is 532 g/mol. The van der Waals surface area contributed by atoms with Crippen molar-refractivity contribution in [2.45, 2.75) is 68.3 Å². The van der Waals surface area contributed by atoms with Crippen molar-refractivity contribution in [1.29, 1.82) is 0 Å². The van der Waals surface area contributed by atoms with E-state index in [0.29, 0.717) is 15.9 Å². The van der Waals surface area contributed by atoms with Gasteiger partial charge in [0.25, 0.3) is 0 Å². The second-order valence-electron chi connectivity index (χ2n) is 9.30. The van der Waals surface area contributed by atoms with Crippen LogP contribution in [0.2, 0.25) is 10.0 Å². The van der Waals surface area contributed by atoms with E-state index in [9.17, 15) is 8.42 Å². The molecule has 1 heterocycles. The lowest BCUT2D eigenvalue weighted by atomic mass is 9.91. The van der Waals surface area contributed by atoms with E-state index >= 15 is 0 Å². The van der Waals surface area contributed by atoms with E-state index in [-0.39, 0.29) is 17.0 Å². The maximum atomic E-state index is 12.7. The third-order valence-corrected chi connectivity index (χ3v) is 8.84. The van der Waals surface area contributed by atoms with Gasteiger partial charge in [0.05, 0.1) is 4.90 Å². The summed E-state index contributed by atoms with van der Waals surface area (Å²) in [5.74, 6) is 1.64. The molecule has 1 saturated carbocycles. The van der Waals surface area contributed by atoms with Crippen molar-refractivity contribution in [2.24, 2.45) is 0 Å². The molecule has 184 valence electrons. The van der Waals surface area contributed by atoms with Gasteiger partial charge in [-0.3, -0.25) is 0 Å². The number of benzene rings is 2. The maximum absolute atomic E-state index is 12.7. The molecule has 6 nitrogen and oxygen atoms in total. The van der Waals surface area contributed by atoms with Crippen molar-refractivity contribution in [3.63, 3.8) is 0 Å². The summed E-state index contributed by atoms with van der Waals surface area (Å²) in [4.78, 5) is 10.0. The van der Waals surface area contributed by atoms with E-state index in [0.717, 1.165) is 68.4 Å². The molecular weight excluding hydrogens is 503 g/mol. The first-order chi connectivity index (χ1) is 16.9. The minimum Gasteiger partial charge on any atom is -0.367 e. The number of sulfonamides is 1. The number of nitrogens with one attached hydrogen (secondary N) is 2. The molecule has 1 fully saturated rings. The van der Waals surface area contributed by atoms with E-state index in [4.69, 9.17) is 33.2 Å². The summed E-state index contributed by atoms with van der Waals surface area (Å²) in [6.45, 7) is 0. The zero-order chi connectivity index (χ0) is 24.4. The van der Waals surface area contributed by atoms with Gasteiger partial charge in [-0.1, -0.05) is 23.2 Å². The molecule has 2 aromatic carbocycles. The predicted molar refractivity (Wildman–Crippen MR) is 141 cm³/mol. The van der Waals surface area contributed by atoms with Crippen molar-refractivity contribution in [3.05, 3.63) is 69.8 Å². The molecular formula is C26H28Cl2N4O2S. The molecule has 5 rings (SSSR count). The molecule has 0 amide bonds. The van der Waals surface area contributed by atoms with Crippen molar-refractivity contribution in [1.82, 2.24) is 14.7 Å². The van der Waals surface area contributed by atoms with E-state index in [1.165, 1.54) is 17.7 Å². The summed E-state index contributed by atoms with van der Waals surface area (Å²) in [5, 5.41) is 4.89. The zero-order valence-corrected chi connectivity index (χ0v) is 21.6. The largest absolute Gasteiger partial charge is 0.367 e. The van der Waals surface area contributed by atoms with E-state index in [1.54, 1.807) is 12.1 Å². The third-order valence-electron chi connectivity index (χ3n) is 6.80. The summed E-state index contributed by atoms with van der Waals surface area (Å²) < 4.78 is 28.4. The number of aryl methyl sites for hydroxylation is 1. The summed E-state index contributed by atoms with van der Waals surface area (Å²) in [5.41, 5.74) is 3.30. The fraction of sp³-hybridized carbons (Fsp3) is 0.385. The van der Waals surface area contributed by atoms with Gasteiger partial charge in [0.15, 0.2) is 5.82 Å². The minimum absolute atomic E-state index is 0.0855. The van der Waals surface area contributed by atoms with Crippen LogP contribution in [0.4, 0.5) is 5.82 Å². The molecule has 0 radical (unpaired) electrons. The lowest BCUT2D eigenvalue weighted by molar-refractivity contribution is 0.386. The Balaban J connectivity index is 1.27. The van der Waals surface area contributed by atoms with Crippen LogP contribution in [0.5, 0.6) is 0 Å². The number of hydrogen-bond donors (Lipinski definition) is 2. The van der Waals surface area contributed by atoms with Crippen molar-refractivity contribution >= 4 is 39.0 Å². The highest BCUT2D eigenvalue weighted by atomic mass is 35.5. The maximum Gasteiger partial charge on any atom is 0.240 e. The molecule has 0 atom stereocenters. The van der Waals surface area contributed by atoms with Crippen molar-refractivity contribution in [3.8, 4) is 11.4 Å². The van der Waals surface area contributed by atoms with Gasteiger partial charge in [0.1, 0.15) is 5.82 Å². The van der Waals surface area contributed by atoms with Crippen LogP contribution in [0.15, 0.2) is 53.4 Å². The molecule has 2 aliphatic carbocycles. The van der Waals surface area contributed by atoms with Crippen LogP contribution < -0.4 is 10.0 Å². The second kappa shape index (κ2) is 10.4. The molecule has 0 bridgehead atoms. The molecule has 2 aliphatic rings. The summed E-state index contributed by atoms with van der Waals surface area (Å²) >= 11 is 12.0. The summed E-state index contributed by atoms with van der Waals surface area (Å²) in [6, 6.07) is 14.0. The number of hydrogen-bond acceptors (Lipinski definition) is 5. The second-order valence-corrected chi connectivity index (χ2v) is 11.9. The zero-order valence-electron chi connectivity index (χ0n) is 19.3. The molecule has 2 N–H and O–H groups in total. The molecule has 3 aromatic rings. The SMILES string of the molecule is O=S(=O)(N[C@H]1CC[C@H](Nc2nc(-c3ccc(Cl)cc3)nc3c2CCCC3)CC1)c1ccc(Cl)cc1. The number of fused-ring (bicyclic) bond motifs is 1. The van der Waals surface area contributed by atoms with Gasteiger partial charge >= 0.3 is 0 Å². The Morgan fingerprint density at radius 3 is 2.06 bits per heavy atom. The van der Waals surface area contributed by atoms with Gasteiger partial charge < -0.3 is 5.32 Å². The number of rotatable bonds is 6. The highest BCUT2D eigenvalue weighted by Gasteiger charge is 2.27. The lowest BCUT2D eigenvalue weighted by Gasteiger charge is -2.31. The fourth-order valence-corrected chi connectivity index (χ4v) is 6.45. The number of anilines is 1. The Morgan fingerprint density at radius 2 is 1.37 bits per heavy atom. The molecule has 0 spiro atoms. The minimum atomic E-state index is -3.56. The van der Waals surface area contributed by atoms with Crippen LogP contribution >= 0.6 is 23.2 Å². The molecule has 0 unspecified atom stereocenters. The van der Waals surface area contributed by atoms with Crippen LogP contribution in [0.1, 0.15) is 49.8 Å². The van der Waals surface area contributed by atoms with Gasteiger partial charge in [0.2, 0.25) is 10.0 Å². The molecule has 0 saturated heterocycles. The molecule has 35 heavy (non-hydrogen) atoms. The smallest absolute Gasteiger partial charge is 0.240 e. The number of aromatic nitrogens is 2. The predicted octanol–water partition coefficient (Wildman–Crippen LogP) is 6.03. The van der Waals surface area contributed by atoms with Gasteiger partial charge in [-0.25, -0.2) is 23.1 Å². The Hall–Kier alpha value is -2.19. The van der Waals surface area contributed by atoms with Crippen LogP contribution in [0.3, 0.4) is 0 Å². The summed E-state index contributed by atoms with van der Waals surface area (Å²) in [7, 11) is -3.56. The number of nitrogens with zero attached hydrogens (tertiary/aromatic N) is 2. The van der Waals surface area contributed by atoms with Crippen LogP contribution in [0, 0.1) is 0 Å². The first-order valence-corrected chi connectivity index (χ1v) is 14.3. The first-order valence-electron chi connectivity index (χ1n) is 12.1. The quantitative estimate of drug-likeness (QED) is 0.406. The van der Waals surface area contributed by atoms with E-state index < -0.39 is 10.0 Å². The topological polar surface area (TPSA) is 84.0 Å². The molecule has 1 aromatic heterocycles. The Kier molecular flexibility index (Phi) is 7.30. The third kappa shape index (κ3) is 5.80. The van der Waals surface area contributed by atoms with E-state index in [2.05, 4.69) is 10.0 Å². The highest BCUT2D eigenvalue weighted by Crippen LogP contribution is 2.31.